The summed E-state index contributed by atoms with van der Waals surface area (Å²) in [5.74, 6) is -4.78. The number of nitrogens with zero attached hydrogens (tertiary/aromatic N) is 2. The van der Waals surface area contributed by atoms with Crippen LogP contribution in [0.3, 0.4) is 0 Å². The van der Waals surface area contributed by atoms with Gasteiger partial charge in [0.1, 0.15) is 17.9 Å². The number of Topliss-reactive ketones (excluding diaryl/α,β-unsaturated/α-hetero) is 2. The van der Waals surface area contributed by atoms with Crippen molar-refractivity contribution in [3.63, 3.8) is 0 Å². The summed E-state index contributed by atoms with van der Waals surface area (Å²) in [5.41, 5.74) is 6.38. The standard InChI is InChI=1S/C39H51N7O8/c1-22(47)17-29-36(51)45-30(18-24-9-4-3-5-10-24)37(52)44-28(12-6-7-16-46-38(53)33-25-13-14-26(19-25)34(33)39(46)54)31(48)20-27(11-8-15-41-23(2)40)35(50)42-21-32(49)43-29/h3-5,9-10,13-14,25-30,33-34H,6-8,11-12,15-21H2,1-2H3,(H2,40,41)(H,42,50)(H,43,49)(H,44,52)(H,45,51)/t25-,26?,27-,28+,29?,30-,33+,34?/m1/s1. The van der Waals surface area contributed by atoms with Gasteiger partial charge in [0, 0.05) is 38.3 Å². The monoisotopic (exact) mass is 745 g/mol. The zero-order valence-electron chi connectivity index (χ0n) is 30.9. The second kappa shape index (κ2) is 18.2. The minimum Gasteiger partial charge on any atom is -0.388 e. The number of amides is 6. The van der Waals surface area contributed by atoms with E-state index in [1.54, 1.807) is 37.3 Å². The summed E-state index contributed by atoms with van der Waals surface area (Å²) in [6.07, 6.45) is 5.90. The molecule has 290 valence electrons. The Morgan fingerprint density at radius 2 is 1.44 bits per heavy atom. The van der Waals surface area contributed by atoms with Crippen LogP contribution in [0.5, 0.6) is 0 Å². The number of aliphatic imine (C=N–C) groups is 1. The van der Waals surface area contributed by atoms with E-state index in [0.29, 0.717) is 37.2 Å². The topological polar surface area (TPSA) is 226 Å². The number of amidine groups is 1. The van der Waals surface area contributed by atoms with Crippen LogP contribution in [-0.2, 0) is 44.8 Å². The fraction of sp³-hybridized carbons (Fsp3) is 0.564. The van der Waals surface area contributed by atoms with Crippen LogP contribution in [0, 0.1) is 29.6 Å². The number of carbonyl (C=O) groups is 8. The van der Waals surface area contributed by atoms with Gasteiger partial charge in [0.25, 0.3) is 0 Å². The van der Waals surface area contributed by atoms with Crippen molar-refractivity contribution in [3.05, 3.63) is 48.0 Å². The molecule has 2 bridgehead atoms. The van der Waals surface area contributed by atoms with E-state index in [1.165, 1.54) is 11.8 Å². The normalized spacial score (nSPS) is 29.3. The van der Waals surface area contributed by atoms with Gasteiger partial charge in [-0.2, -0.15) is 0 Å². The van der Waals surface area contributed by atoms with Gasteiger partial charge in [0.2, 0.25) is 35.4 Å². The number of benzene rings is 1. The molecule has 8 atom stereocenters. The van der Waals surface area contributed by atoms with E-state index in [1.807, 2.05) is 12.2 Å². The summed E-state index contributed by atoms with van der Waals surface area (Å²) in [7, 11) is 0. The van der Waals surface area contributed by atoms with Gasteiger partial charge in [0.15, 0.2) is 5.78 Å². The van der Waals surface area contributed by atoms with Crippen molar-refractivity contribution in [1.82, 2.24) is 26.2 Å². The average molecular weight is 746 g/mol. The van der Waals surface area contributed by atoms with E-state index in [2.05, 4.69) is 26.3 Å². The third-order valence-corrected chi connectivity index (χ3v) is 10.8. The molecule has 15 nitrogen and oxygen atoms in total. The molecule has 3 unspecified atom stereocenters. The first-order valence-electron chi connectivity index (χ1n) is 18.9. The Hall–Kier alpha value is -5.21. The number of hydrogen-bond donors (Lipinski definition) is 5. The number of fused-ring (bicyclic) bond motifs is 5. The van der Waals surface area contributed by atoms with Crippen molar-refractivity contribution in [2.45, 2.75) is 89.8 Å². The molecule has 3 fully saturated rings. The number of carbonyl (C=O) groups excluding carboxylic acids is 8. The fourth-order valence-corrected chi connectivity index (χ4v) is 8.08. The number of imide groups is 1. The number of nitrogens with two attached hydrogens (primary N) is 1. The van der Waals surface area contributed by atoms with E-state index in [-0.39, 0.29) is 79.9 Å². The van der Waals surface area contributed by atoms with Crippen molar-refractivity contribution in [2.75, 3.05) is 19.6 Å². The summed E-state index contributed by atoms with van der Waals surface area (Å²) in [4.78, 5) is 112. The third kappa shape index (κ3) is 10.1. The van der Waals surface area contributed by atoms with Gasteiger partial charge in [-0.15, -0.1) is 0 Å². The van der Waals surface area contributed by atoms with Crippen molar-refractivity contribution in [1.29, 1.82) is 0 Å². The first-order chi connectivity index (χ1) is 25.8. The van der Waals surface area contributed by atoms with Crippen LogP contribution in [0.25, 0.3) is 0 Å². The van der Waals surface area contributed by atoms with Gasteiger partial charge in [-0.1, -0.05) is 42.5 Å². The Balaban J connectivity index is 1.36. The summed E-state index contributed by atoms with van der Waals surface area (Å²) in [6.45, 7) is 2.90. The van der Waals surface area contributed by atoms with Crippen LogP contribution in [-0.4, -0.2) is 95.5 Å². The largest absolute Gasteiger partial charge is 0.388 e. The molecule has 4 aliphatic rings. The summed E-state index contributed by atoms with van der Waals surface area (Å²) >= 11 is 0. The number of allylic oxidation sites excluding steroid dienone is 2. The van der Waals surface area contributed by atoms with Gasteiger partial charge >= 0.3 is 0 Å². The molecule has 2 saturated heterocycles. The van der Waals surface area contributed by atoms with Crippen LogP contribution in [0.15, 0.2) is 47.5 Å². The zero-order chi connectivity index (χ0) is 38.9. The van der Waals surface area contributed by atoms with Crippen molar-refractivity contribution in [2.24, 2.45) is 40.3 Å². The molecule has 2 heterocycles. The lowest BCUT2D eigenvalue weighted by atomic mass is 9.85. The second-order valence-corrected chi connectivity index (χ2v) is 14.9. The molecule has 6 amide bonds. The Labute approximate surface area is 314 Å². The first-order valence-corrected chi connectivity index (χ1v) is 18.9. The van der Waals surface area contributed by atoms with Crippen LogP contribution in [0.4, 0.5) is 0 Å². The summed E-state index contributed by atoms with van der Waals surface area (Å²) < 4.78 is 0. The lowest BCUT2D eigenvalue weighted by Gasteiger charge is -2.26. The number of nitrogens with one attached hydrogen (secondary N) is 4. The van der Waals surface area contributed by atoms with Crippen molar-refractivity contribution in [3.8, 4) is 0 Å². The van der Waals surface area contributed by atoms with Gasteiger partial charge in [0.05, 0.1) is 30.3 Å². The average Bonchev–Trinajstić information content (AvgIpc) is 3.82. The molecule has 54 heavy (non-hydrogen) atoms. The van der Waals surface area contributed by atoms with E-state index in [4.69, 9.17) is 5.73 Å². The molecule has 2 aliphatic heterocycles. The highest BCUT2D eigenvalue weighted by Gasteiger charge is 2.59. The predicted molar refractivity (Wildman–Crippen MR) is 197 cm³/mol. The van der Waals surface area contributed by atoms with Gasteiger partial charge < -0.3 is 27.0 Å². The Morgan fingerprint density at radius 3 is 2.09 bits per heavy atom. The highest BCUT2D eigenvalue weighted by atomic mass is 16.2. The molecular weight excluding hydrogens is 694 g/mol. The predicted octanol–water partition coefficient (Wildman–Crippen LogP) is 0.503. The van der Waals surface area contributed by atoms with Crippen LogP contribution in [0.2, 0.25) is 0 Å². The van der Waals surface area contributed by atoms with Crippen LogP contribution in [0.1, 0.15) is 70.8 Å². The molecule has 0 aromatic heterocycles. The molecule has 6 N–H and O–H groups in total. The molecule has 2 aliphatic carbocycles. The van der Waals surface area contributed by atoms with Crippen LogP contribution >= 0.6 is 0 Å². The van der Waals surface area contributed by atoms with Crippen molar-refractivity contribution >= 4 is 52.8 Å². The number of hydrogen-bond acceptors (Lipinski definition) is 9. The van der Waals surface area contributed by atoms with E-state index >= 15 is 0 Å². The van der Waals surface area contributed by atoms with Gasteiger partial charge in [-0.3, -0.25) is 48.2 Å². The van der Waals surface area contributed by atoms with Gasteiger partial charge in [-0.25, -0.2) is 0 Å². The summed E-state index contributed by atoms with van der Waals surface area (Å²) in [5, 5.41) is 10.6. The number of likely N-dealkylation sites (tertiary alicyclic amines) is 1. The minimum absolute atomic E-state index is 0.0438. The molecule has 5 rings (SSSR count). The van der Waals surface area contributed by atoms with E-state index in [9.17, 15) is 38.4 Å². The maximum atomic E-state index is 14.1. The van der Waals surface area contributed by atoms with Crippen molar-refractivity contribution < 1.29 is 38.4 Å². The van der Waals surface area contributed by atoms with E-state index in [0.717, 1.165) is 6.42 Å². The van der Waals surface area contributed by atoms with E-state index < -0.39 is 60.0 Å². The lowest BCUT2D eigenvalue weighted by Crippen LogP contribution is -2.57. The maximum Gasteiger partial charge on any atom is 0.243 e. The van der Waals surface area contributed by atoms with Gasteiger partial charge in [-0.05, 0) is 69.8 Å². The number of rotatable bonds is 13. The SMILES string of the molecule is CC(=O)CC1NC(=O)CNC(=O)[C@H](CCCN=C(C)N)CC(=O)[C@H](CCCCN2C(=O)C3C4C=C[C@H](C4)[C@@H]3C2=O)NC(=O)[C@@H](Cc2ccccc2)NC1=O. The molecule has 1 saturated carbocycles. The zero-order valence-corrected chi connectivity index (χ0v) is 30.9. The fourth-order valence-electron chi connectivity index (χ4n) is 8.08. The number of ketones is 2. The molecule has 0 spiro atoms. The van der Waals surface area contributed by atoms with Crippen LogP contribution < -0.4 is 27.0 Å². The highest BCUT2D eigenvalue weighted by Crippen LogP contribution is 2.52. The maximum absolute atomic E-state index is 14.1. The number of unbranched alkanes of at least 4 members (excludes halogenated alkanes) is 1. The quantitative estimate of drug-likeness (QED) is 0.0622. The molecule has 15 heteroatoms. The molecule has 1 aromatic rings. The second-order valence-electron chi connectivity index (χ2n) is 14.9. The Bertz CT molecular complexity index is 1660. The smallest absolute Gasteiger partial charge is 0.243 e. The molecule has 1 aromatic carbocycles. The minimum atomic E-state index is -1.32. The highest BCUT2D eigenvalue weighted by molar-refractivity contribution is 6.06. The Kier molecular flexibility index (Phi) is 13.5. The summed E-state index contributed by atoms with van der Waals surface area (Å²) in [6, 6.07) is 5.33. The lowest BCUT2D eigenvalue weighted by molar-refractivity contribution is -0.141. The molecular formula is C39H51N7O8. The third-order valence-electron chi connectivity index (χ3n) is 10.8. The Morgan fingerprint density at radius 1 is 0.796 bits per heavy atom. The molecule has 0 radical (unpaired) electrons. The first kappa shape index (κ1) is 40.0.